The van der Waals surface area contributed by atoms with E-state index in [1.807, 2.05) is 37.3 Å². The fraction of sp³-hybridized carbons (Fsp3) is 0.158. The second-order valence-electron chi connectivity index (χ2n) is 5.57. The molecule has 0 bridgehead atoms. The molecule has 0 aliphatic rings. The van der Waals surface area contributed by atoms with Gasteiger partial charge >= 0.3 is 5.97 Å². The first-order valence-corrected chi connectivity index (χ1v) is 8.11. The Bertz CT molecular complexity index is 868. The molecule has 0 saturated heterocycles. The van der Waals surface area contributed by atoms with Gasteiger partial charge in [0.05, 0.1) is 6.04 Å². The molecular weight excluding hydrogens is 342 g/mol. The van der Waals surface area contributed by atoms with Gasteiger partial charge < -0.3 is 14.5 Å². The molecule has 3 rings (SSSR count). The highest BCUT2D eigenvalue weighted by Crippen LogP contribution is 2.19. The maximum atomic E-state index is 12.0. The van der Waals surface area contributed by atoms with Crippen molar-refractivity contribution < 1.29 is 18.7 Å². The minimum absolute atomic E-state index is 0.0692. The van der Waals surface area contributed by atoms with Crippen LogP contribution in [0.2, 0.25) is 5.02 Å². The number of fused-ring (bicyclic) bond motifs is 1. The van der Waals surface area contributed by atoms with Gasteiger partial charge in [-0.05, 0) is 36.8 Å². The molecule has 1 atom stereocenters. The van der Waals surface area contributed by atoms with E-state index in [4.69, 9.17) is 20.8 Å². The summed E-state index contributed by atoms with van der Waals surface area (Å²) in [5.41, 5.74) is 1.50. The SMILES string of the molecule is C[C@H](NC(=O)COC(=O)c1cc2ccccc2o1)c1ccc(Cl)cc1. The molecule has 0 aliphatic carbocycles. The van der Waals surface area contributed by atoms with E-state index in [1.165, 1.54) is 0 Å². The van der Waals surface area contributed by atoms with Gasteiger partial charge in [0.1, 0.15) is 5.58 Å². The van der Waals surface area contributed by atoms with E-state index in [1.54, 1.807) is 24.3 Å². The fourth-order valence-corrected chi connectivity index (χ4v) is 2.53. The van der Waals surface area contributed by atoms with Crippen molar-refractivity contribution in [3.63, 3.8) is 0 Å². The number of rotatable bonds is 5. The standard InChI is InChI=1S/C19H16ClNO4/c1-12(13-6-8-15(20)9-7-13)21-18(22)11-24-19(23)17-10-14-4-2-3-5-16(14)25-17/h2-10,12H,11H2,1H3,(H,21,22)/t12-/m0/s1. The van der Waals surface area contributed by atoms with Crippen LogP contribution in [0.15, 0.2) is 59.0 Å². The van der Waals surface area contributed by atoms with Gasteiger partial charge in [-0.1, -0.05) is 41.9 Å². The highest BCUT2D eigenvalue weighted by molar-refractivity contribution is 6.30. The Morgan fingerprint density at radius 2 is 1.88 bits per heavy atom. The normalized spacial score (nSPS) is 11.9. The average molecular weight is 358 g/mol. The summed E-state index contributed by atoms with van der Waals surface area (Å²) in [5, 5.41) is 4.19. The predicted molar refractivity (Wildman–Crippen MR) is 94.5 cm³/mol. The molecule has 1 amide bonds. The number of halogens is 1. The lowest BCUT2D eigenvalue weighted by molar-refractivity contribution is -0.124. The second kappa shape index (κ2) is 7.40. The zero-order valence-corrected chi connectivity index (χ0v) is 14.2. The number of para-hydroxylation sites is 1. The molecule has 5 nitrogen and oxygen atoms in total. The molecule has 128 valence electrons. The van der Waals surface area contributed by atoms with Gasteiger partial charge in [0.25, 0.3) is 5.91 Å². The van der Waals surface area contributed by atoms with Crippen LogP contribution >= 0.6 is 11.6 Å². The molecule has 0 spiro atoms. The molecule has 0 aliphatic heterocycles. The monoisotopic (exact) mass is 357 g/mol. The van der Waals surface area contributed by atoms with Gasteiger partial charge in [0.15, 0.2) is 6.61 Å². The van der Waals surface area contributed by atoms with Gasteiger partial charge in [0, 0.05) is 10.4 Å². The topological polar surface area (TPSA) is 68.5 Å². The highest BCUT2D eigenvalue weighted by Gasteiger charge is 2.16. The lowest BCUT2D eigenvalue weighted by Gasteiger charge is -2.14. The number of amides is 1. The fourth-order valence-electron chi connectivity index (χ4n) is 2.40. The molecule has 0 fully saturated rings. The smallest absolute Gasteiger partial charge is 0.374 e. The second-order valence-corrected chi connectivity index (χ2v) is 6.00. The number of carbonyl (C=O) groups excluding carboxylic acids is 2. The summed E-state index contributed by atoms with van der Waals surface area (Å²) in [7, 11) is 0. The van der Waals surface area contributed by atoms with Crippen molar-refractivity contribution in [3.05, 3.63) is 70.9 Å². The van der Waals surface area contributed by atoms with Crippen molar-refractivity contribution in [2.45, 2.75) is 13.0 Å². The highest BCUT2D eigenvalue weighted by atomic mass is 35.5. The summed E-state index contributed by atoms with van der Waals surface area (Å²) in [4.78, 5) is 24.0. The minimum Gasteiger partial charge on any atom is -0.450 e. The Kier molecular flexibility index (Phi) is 5.05. The third-order valence-electron chi connectivity index (χ3n) is 3.71. The maximum absolute atomic E-state index is 12.0. The number of benzene rings is 2. The summed E-state index contributed by atoms with van der Waals surface area (Å²) in [6, 6.07) is 15.8. The Morgan fingerprint density at radius 3 is 2.60 bits per heavy atom. The molecular formula is C19H16ClNO4. The van der Waals surface area contributed by atoms with Crippen LogP contribution < -0.4 is 5.32 Å². The summed E-state index contributed by atoms with van der Waals surface area (Å²) in [6.45, 7) is 1.45. The third kappa shape index (κ3) is 4.19. The largest absolute Gasteiger partial charge is 0.450 e. The lowest BCUT2D eigenvalue weighted by Crippen LogP contribution is -2.31. The van der Waals surface area contributed by atoms with E-state index in [0.717, 1.165) is 10.9 Å². The molecule has 0 unspecified atom stereocenters. The number of carbonyl (C=O) groups is 2. The number of esters is 1. The van der Waals surface area contributed by atoms with Crippen molar-refractivity contribution in [1.82, 2.24) is 5.32 Å². The van der Waals surface area contributed by atoms with E-state index in [9.17, 15) is 9.59 Å². The van der Waals surface area contributed by atoms with Crippen LogP contribution in [0.25, 0.3) is 11.0 Å². The number of nitrogens with one attached hydrogen (secondary N) is 1. The zero-order valence-electron chi connectivity index (χ0n) is 13.5. The molecule has 3 aromatic rings. The van der Waals surface area contributed by atoms with Gasteiger partial charge in [-0.3, -0.25) is 4.79 Å². The van der Waals surface area contributed by atoms with Crippen LogP contribution in [0.4, 0.5) is 0 Å². The average Bonchev–Trinajstić information content (AvgIpc) is 3.04. The molecule has 6 heteroatoms. The zero-order chi connectivity index (χ0) is 17.8. The summed E-state index contributed by atoms with van der Waals surface area (Å²) in [6.07, 6.45) is 0. The molecule has 0 radical (unpaired) electrons. The Balaban J connectivity index is 1.54. The van der Waals surface area contributed by atoms with E-state index >= 15 is 0 Å². The quantitative estimate of drug-likeness (QED) is 0.697. The lowest BCUT2D eigenvalue weighted by atomic mass is 10.1. The van der Waals surface area contributed by atoms with Crippen molar-refractivity contribution >= 4 is 34.4 Å². The molecule has 1 aromatic heterocycles. The summed E-state index contributed by atoms with van der Waals surface area (Å²) >= 11 is 5.84. The number of ether oxygens (including phenoxy) is 1. The van der Waals surface area contributed by atoms with Crippen molar-refractivity contribution in [3.8, 4) is 0 Å². The van der Waals surface area contributed by atoms with Crippen LogP contribution in [0.3, 0.4) is 0 Å². The first-order valence-electron chi connectivity index (χ1n) is 7.73. The molecule has 1 heterocycles. The van der Waals surface area contributed by atoms with E-state index < -0.39 is 11.9 Å². The van der Waals surface area contributed by atoms with Gasteiger partial charge in [-0.25, -0.2) is 4.79 Å². The van der Waals surface area contributed by atoms with Crippen molar-refractivity contribution in [1.29, 1.82) is 0 Å². The van der Waals surface area contributed by atoms with Crippen LogP contribution in [0.1, 0.15) is 29.1 Å². The third-order valence-corrected chi connectivity index (χ3v) is 3.96. The predicted octanol–water partition coefficient (Wildman–Crippen LogP) is 4.12. The molecule has 25 heavy (non-hydrogen) atoms. The van der Waals surface area contributed by atoms with Crippen LogP contribution in [-0.2, 0) is 9.53 Å². The van der Waals surface area contributed by atoms with Crippen LogP contribution in [-0.4, -0.2) is 18.5 Å². The number of hydrogen-bond acceptors (Lipinski definition) is 4. The van der Waals surface area contributed by atoms with Gasteiger partial charge in [-0.2, -0.15) is 0 Å². The Hall–Kier alpha value is -2.79. The Morgan fingerprint density at radius 1 is 1.16 bits per heavy atom. The van der Waals surface area contributed by atoms with E-state index in [2.05, 4.69) is 5.32 Å². The number of furan rings is 1. The van der Waals surface area contributed by atoms with E-state index in [0.29, 0.717) is 10.6 Å². The first kappa shape index (κ1) is 17.0. The Labute approximate surface area is 149 Å². The minimum atomic E-state index is -0.675. The maximum Gasteiger partial charge on any atom is 0.374 e. The first-order chi connectivity index (χ1) is 12.0. The van der Waals surface area contributed by atoms with Crippen molar-refractivity contribution in [2.75, 3.05) is 6.61 Å². The summed E-state index contributed by atoms with van der Waals surface area (Å²) < 4.78 is 10.4. The van der Waals surface area contributed by atoms with Crippen molar-refractivity contribution in [2.24, 2.45) is 0 Å². The van der Waals surface area contributed by atoms with Crippen LogP contribution in [0.5, 0.6) is 0 Å². The van der Waals surface area contributed by atoms with Gasteiger partial charge in [-0.15, -0.1) is 0 Å². The van der Waals surface area contributed by atoms with Gasteiger partial charge in [0.2, 0.25) is 5.76 Å². The summed E-state index contributed by atoms with van der Waals surface area (Å²) in [5.74, 6) is -1.00. The number of hydrogen-bond donors (Lipinski definition) is 1. The molecule has 0 saturated carbocycles. The van der Waals surface area contributed by atoms with E-state index in [-0.39, 0.29) is 18.4 Å². The van der Waals surface area contributed by atoms with Crippen LogP contribution in [0, 0.1) is 0 Å². The molecule has 1 N–H and O–H groups in total. The molecule has 2 aromatic carbocycles.